The van der Waals surface area contributed by atoms with Gasteiger partial charge in [-0.1, -0.05) is 6.07 Å². The molecule has 2 N–H and O–H groups in total. The summed E-state index contributed by atoms with van der Waals surface area (Å²) in [6.07, 6.45) is 2.35. The number of benzene rings is 2. The number of piperidine rings is 1. The maximum Gasteiger partial charge on any atom is 0.272 e. The molecule has 1 aliphatic rings. The number of nitrogens with zero attached hydrogens (tertiary/aromatic N) is 1. The standard InChI is InChI=1S/C23H26FN3O/c1-15(2)27-11-9-16(10-12-27)17-3-8-21-18(13-17)14-22(26-21)23(28)25-20-6-4-19(24)5-7-20/h3-8,13-16,26H,9-12H2,1-2H3,(H,25,28). The molecule has 0 aliphatic carbocycles. The van der Waals surface area contributed by atoms with Gasteiger partial charge >= 0.3 is 0 Å². The topological polar surface area (TPSA) is 48.1 Å². The zero-order chi connectivity index (χ0) is 19.7. The first-order valence-electron chi connectivity index (χ1n) is 9.93. The van der Waals surface area contributed by atoms with Crippen LogP contribution in [0.2, 0.25) is 0 Å². The molecule has 0 spiro atoms. The van der Waals surface area contributed by atoms with Gasteiger partial charge in [-0.2, -0.15) is 0 Å². The van der Waals surface area contributed by atoms with Gasteiger partial charge in [-0.3, -0.25) is 4.79 Å². The highest BCUT2D eigenvalue weighted by Crippen LogP contribution is 2.31. The highest BCUT2D eigenvalue weighted by Gasteiger charge is 2.22. The third-order valence-corrected chi connectivity index (χ3v) is 5.72. The number of aromatic nitrogens is 1. The molecule has 28 heavy (non-hydrogen) atoms. The number of carbonyl (C=O) groups is 1. The summed E-state index contributed by atoms with van der Waals surface area (Å²) in [5.74, 6) is 0.0239. The summed E-state index contributed by atoms with van der Waals surface area (Å²) in [5, 5.41) is 3.85. The van der Waals surface area contributed by atoms with Crippen molar-refractivity contribution >= 4 is 22.5 Å². The van der Waals surface area contributed by atoms with Gasteiger partial charge in [-0.25, -0.2) is 4.39 Å². The van der Waals surface area contributed by atoms with E-state index in [9.17, 15) is 9.18 Å². The minimum absolute atomic E-state index is 0.227. The van der Waals surface area contributed by atoms with Crippen molar-refractivity contribution in [3.63, 3.8) is 0 Å². The van der Waals surface area contributed by atoms with E-state index in [1.54, 1.807) is 12.1 Å². The molecule has 2 heterocycles. The lowest BCUT2D eigenvalue weighted by atomic mass is 9.88. The molecule has 1 saturated heterocycles. The largest absolute Gasteiger partial charge is 0.351 e. The van der Waals surface area contributed by atoms with Crippen molar-refractivity contribution in [2.45, 2.75) is 38.6 Å². The van der Waals surface area contributed by atoms with Crippen molar-refractivity contribution in [2.75, 3.05) is 18.4 Å². The minimum atomic E-state index is -0.324. The lowest BCUT2D eigenvalue weighted by Gasteiger charge is -2.34. The van der Waals surface area contributed by atoms with E-state index in [-0.39, 0.29) is 11.7 Å². The van der Waals surface area contributed by atoms with Crippen LogP contribution in [0.4, 0.5) is 10.1 Å². The summed E-state index contributed by atoms with van der Waals surface area (Å²) in [6, 6.07) is 14.7. The summed E-state index contributed by atoms with van der Waals surface area (Å²) < 4.78 is 13.0. The van der Waals surface area contributed by atoms with Crippen molar-refractivity contribution in [1.29, 1.82) is 0 Å². The third-order valence-electron chi connectivity index (χ3n) is 5.72. The van der Waals surface area contributed by atoms with Gasteiger partial charge in [-0.15, -0.1) is 0 Å². The van der Waals surface area contributed by atoms with Crippen LogP contribution in [0.15, 0.2) is 48.5 Å². The quantitative estimate of drug-likeness (QED) is 0.659. The third kappa shape index (κ3) is 3.94. The Balaban J connectivity index is 1.49. The number of carbonyl (C=O) groups excluding carboxylic acids is 1. The zero-order valence-corrected chi connectivity index (χ0v) is 16.3. The number of halogens is 1. The molecule has 0 saturated carbocycles. The van der Waals surface area contributed by atoms with E-state index in [0.717, 1.165) is 24.0 Å². The lowest BCUT2D eigenvalue weighted by Crippen LogP contribution is -2.37. The van der Waals surface area contributed by atoms with Gasteiger partial charge in [0.1, 0.15) is 11.5 Å². The zero-order valence-electron chi connectivity index (χ0n) is 16.3. The number of hydrogen-bond donors (Lipinski definition) is 2. The van der Waals surface area contributed by atoms with Crippen LogP contribution in [0, 0.1) is 5.82 Å². The van der Waals surface area contributed by atoms with Crippen molar-refractivity contribution in [2.24, 2.45) is 0 Å². The Bertz CT molecular complexity index is 969. The fourth-order valence-electron chi connectivity index (χ4n) is 4.01. The summed E-state index contributed by atoms with van der Waals surface area (Å²) in [7, 11) is 0. The number of likely N-dealkylation sites (tertiary alicyclic amines) is 1. The van der Waals surface area contributed by atoms with E-state index in [1.165, 1.54) is 30.5 Å². The maximum atomic E-state index is 13.0. The molecule has 1 amide bonds. The van der Waals surface area contributed by atoms with Crippen LogP contribution >= 0.6 is 0 Å². The summed E-state index contributed by atoms with van der Waals surface area (Å²) in [5.41, 5.74) is 3.38. The van der Waals surface area contributed by atoms with Gasteiger partial charge in [0.2, 0.25) is 0 Å². The van der Waals surface area contributed by atoms with Gasteiger partial charge in [-0.05, 0) is 93.7 Å². The molecular formula is C23H26FN3O. The molecule has 4 nitrogen and oxygen atoms in total. The fraction of sp³-hybridized carbons (Fsp3) is 0.348. The van der Waals surface area contributed by atoms with E-state index in [4.69, 9.17) is 0 Å². The normalized spacial score (nSPS) is 16.0. The van der Waals surface area contributed by atoms with Crippen LogP contribution in [0.1, 0.15) is 48.7 Å². The van der Waals surface area contributed by atoms with Crippen molar-refractivity contribution in [3.8, 4) is 0 Å². The van der Waals surface area contributed by atoms with Gasteiger partial charge < -0.3 is 15.2 Å². The van der Waals surface area contributed by atoms with Crippen LogP contribution in [0.3, 0.4) is 0 Å². The van der Waals surface area contributed by atoms with Gasteiger partial charge in [0, 0.05) is 22.6 Å². The van der Waals surface area contributed by atoms with Gasteiger partial charge in [0.05, 0.1) is 0 Å². The molecule has 3 aromatic rings. The van der Waals surface area contributed by atoms with E-state index in [0.29, 0.717) is 23.3 Å². The molecule has 1 aliphatic heterocycles. The fourth-order valence-corrected chi connectivity index (χ4v) is 4.01. The smallest absolute Gasteiger partial charge is 0.272 e. The van der Waals surface area contributed by atoms with E-state index in [1.807, 2.05) is 6.07 Å². The predicted octanol–water partition coefficient (Wildman–Crippen LogP) is 5.15. The molecule has 0 unspecified atom stereocenters. The van der Waals surface area contributed by atoms with Crippen LogP contribution < -0.4 is 5.32 Å². The summed E-state index contributed by atoms with van der Waals surface area (Å²) >= 11 is 0. The first kappa shape index (κ1) is 18.7. The number of amides is 1. The average Bonchev–Trinajstić information content (AvgIpc) is 3.13. The highest BCUT2D eigenvalue weighted by molar-refractivity contribution is 6.05. The van der Waals surface area contributed by atoms with Crippen molar-refractivity contribution in [3.05, 3.63) is 65.6 Å². The first-order valence-corrected chi connectivity index (χ1v) is 9.93. The molecule has 1 aromatic heterocycles. The van der Waals surface area contributed by atoms with Gasteiger partial charge in [0.25, 0.3) is 5.91 Å². The Kier molecular flexibility index (Phi) is 5.18. The molecule has 146 valence electrons. The van der Waals surface area contributed by atoms with Crippen molar-refractivity contribution in [1.82, 2.24) is 9.88 Å². The summed E-state index contributed by atoms with van der Waals surface area (Å²) in [6.45, 7) is 6.78. The molecule has 0 bridgehead atoms. The number of fused-ring (bicyclic) bond motifs is 1. The second-order valence-corrected chi connectivity index (χ2v) is 7.89. The van der Waals surface area contributed by atoms with Crippen molar-refractivity contribution < 1.29 is 9.18 Å². The van der Waals surface area contributed by atoms with Crippen LogP contribution in [0.25, 0.3) is 10.9 Å². The SMILES string of the molecule is CC(C)N1CCC(c2ccc3[nH]c(C(=O)Nc4ccc(F)cc4)cc3c2)CC1. The Morgan fingerprint density at radius 1 is 1.11 bits per heavy atom. The Hall–Kier alpha value is -2.66. The highest BCUT2D eigenvalue weighted by atomic mass is 19.1. The predicted molar refractivity (Wildman–Crippen MR) is 111 cm³/mol. The molecule has 0 radical (unpaired) electrons. The number of hydrogen-bond acceptors (Lipinski definition) is 2. The molecule has 0 atom stereocenters. The second-order valence-electron chi connectivity index (χ2n) is 7.89. The van der Waals surface area contributed by atoms with E-state index in [2.05, 4.69) is 47.2 Å². The molecule has 2 aromatic carbocycles. The Labute approximate surface area is 164 Å². The minimum Gasteiger partial charge on any atom is -0.351 e. The molecule has 5 heteroatoms. The second kappa shape index (κ2) is 7.76. The Morgan fingerprint density at radius 2 is 1.82 bits per heavy atom. The number of aromatic amines is 1. The van der Waals surface area contributed by atoms with Gasteiger partial charge in [0.15, 0.2) is 0 Å². The number of nitrogens with one attached hydrogen (secondary N) is 2. The van der Waals surface area contributed by atoms with E-state index < -0.39 is 0 Å². The number of H-pyrrole nitrogens is 1. The number of rotatable bonds is 4. The molecule has 1 fully saturated rings. The lowest BCUT2D eigenvalue weighted by molar-refractivity contribution is 0.102. The maximum absolute atomic E-state index is 13.0. The average molecular weight is 379 g/mol. The summed E-state index contributed by atoms with van der Waals surface area (Å²) in [4.78, 5) is 18.2. The van der Waals surface area contributed by atoms with Crippen LogP contribution in [-0.2, 0) is 0 Å². The van der Waals surface area contributed by atoms with E-state index >= 15 is 0 Å². The van der Waals surface area contributed by atoms with Crippen LogP contribution in [0.5, 0.6) is 0 Å². The Morgan fingerprint density at radius 3 is 2.50 bits per heavy atom. The number of anilines is 1. The van der Waals surface area contributed by atoms with Crippen LogP contribution in [-0.4, -0.2) is 34.9 Å². The molecular weight excluding hydrogens is 353 g/mol. The monoisotopic (exact) mass is 379 g/mol. The first-order chi connectivity index (χ1) is 13.5. The molecule has 4 rings (SSSR count).